The van der Waals surface area contributed by atoms with E-state index >= 15 is 0 Å². The van der Waals surface area contributed by atoms with Gasteiger partial charge in [-0.05, 0) is 20.3 Å². The molecule has 2 aliphatic heterocycles. The van der Waals surface area contributed by atoms with Crippen LogP contribution in [0.25, 0.3) is 0 Å². The second kappa shape index (κ2) is 5.47. The Morgan fingerprint density at radius 3 is 2.21 bits per heavy atom. The summed E-state index contributed by atoms with van der Waals surface area (Å²) in [5.74, 6) is -2.73. The van der Waals surface area contributed by atoms with Crippen molar-refractivity contribution in [1.29, 1.82) is 0 Å². The number of hydrogen-bond acceptors (Lipinski definition) is 9. The summed E-state index contributed by atoms with van der Waals surface area (Å²) in [6.07, 6.45) is -4.58. The highest BCUT2D eigenvalue weighted by atomic mass is 16.7. The fourth-order valence-corrected chi connectivity index (χ4v) is 4.68. The van der Waals surface area contributed by atoms with Crippen LogP contribution in [-0.4, -0.2) is 39.4 Å². The fraction of sp³-hybridized carbons (Fsp3) is 0.474. The molecule has 9 heteroatoms. The van der Waals surface area contributed by atoms with Crippen molar-refractivity contribution in [3.05, 3.63) is 55.6 Å². The van der Waals surface area contributed by atoms with E-state index < -0.39 is 47.2 Å². The first-order valence-electron chi connectivity index (χ1n) is 8.93. The lowest BCUT2D eigenvalue weighted by Gasteiger charge is -2.51. The lowest BCUT2D eigenvalue weighted by Crippen LogP contribution is -2.69. The molecule has 3 aliphatic rings. The molecule has 3 N–H and O–H groups in total. The molecule has 0 bridgehead atoms. The molecule has 4 heterocycles. The third kappa shape index (κ3) is 2.06. The van der Waals surface area contributed by atoms with E-state index in [2.05, 4.69) is 0 Å². The van der Waals surface area contributed by atoms with Gasteiger partial charge >= 0.3 is 11.3 Å². The largest absolute Gasteiger partial charge is 0.450 e. The van der Waals surface area contributed by atoms with Crippen LogP contribution < -0.4 is 20.7 Å². The fourth-order valence-electron chi connectivity index (χ4n) is 4.68. The molecule has 2 aromatic heterocycles. The summed E-state index contributed by atoms with van der Waals surface area (Å²) in [5, 5.41) is 31.8. The van der Waals surface area contributed by atoms with Crippen LogP contribution in [0.3, 0.4) is 0 Å². The molecule has 6 atom stereocenters. The van der Waals surface area contributed by atoms with E-state index in [9.17, 15) is 24.9 Å². The monoisotopic (exact) mass is 390 g/mol. The first-order chi connectivity index (χ1) is 13.2. The van der Waals surface area contributed by atoms with Crippen molar-refractivity contribution < 1.29 is 33.6 Å². The topological polar surface area (TPSA) is 140 Å². The summed E-state index contributed by atoms with van der Waals surface area (Å²) >= 11 is 0. The molecule has 148 valence electrons. The molecule has 1 aliphatic carbocycles. The molecule has 5 rings (SSSR count). The Morgan fingerprint density at radius 1 is 0.893 bits per heavy atom. The minimum absolute atomic E-state index is 0.0162. The molecule has 1 saturated carbocycles. The zero-order valence-corrected chi connectivity index (χ0v) is 15.0. The van der Waals surface area contributed by atoms with E-state index in [1.54, 1.807) is 13.8 Å². The number of ether oxygens (including phenoxy) is 2. The summed E-state index contributed by atoms with van der Waals surface area (Å²) in [6, 6.07) is 3.01. The van der Waals surface area contributed by atoms with Gasteiger partial charge < -0.3 is 33.6 Å². The zero-order valence-electron chi connectivity index (χ0n) is 15.0. The van der Waals surface area contributed by atoms with Crippen molar-refractivity contribution in [3.8, 4) is 11.5 Å². The molecule has 9 nitrogen and oxygen atoms in total. The smallest absolute Gasteiger partial charge is 0.343 e. The maximum atomic E-state index is 12.5. The van der Waals surface area contributed by atoms with Crippen molar-refractivity contribution in [2.75, 3.05) is 0 Å². The van der Waals surface area contributed by atoms with Crippen molar-refractivity contribution in [2.24, 2.45) is 5.92 Å². The molecule has 1 spiro atoms. The van der Waals surface area contributed by atoms with Crippen molar-refractivity contribution in [1.82, 2.24) is 0 Å². The molecule has 28 heavy (non-hydrogen) atoms. The van der Waals surface area contributed by atoms with Gasteiger partial charge in [-0.3, -0.25) is 0 Å². The van der Waals surface area contributed by atoms with E-state index in [-0.39, 0.29) is 29.0 Å². The minimum Gasteiger partial charge on any atom is -0.450 e. The Hall–Kier alpha value is -2.62. The molecule has 0 radical (unpaired) electrons. The standard InChI is InChI=1S/C19H18O9/c1-6-3-10-8(17(23)25-6)5-9-14(20)16(22)15(21)13-12-11(28-19(9,13)27-10)4-7(2)26-18(12)24/h3-4,9,13-16,20-22H,5H2,1-2H3/t9-,13+,14+,15+,16-,19-/m0/s1. The number of rotatable bonds is 0. The second-order valence-corrected chi connectivity index (χ2v) is 7.60. The third-order valence-electron chi connectivity index (χ3n) is 5.88. The highest BCUT2D eigenvalue weighted by Crippen LogP contribution is 2.57. The predicted octanol–water partition coefficient (Wildman–Crippen LogP) is -0.270. The van der Waals surface area contributed by atoms with Gasteiger partial charge in [0.15, 0.2) is 0 Å². The summed E-state index contributed by atoms with van der Waals surface area (Å²) in [7, 11) is 0. The number of fused-ring (bicyclic) bond motifs is 3. The number of aliphatic hydroxyl groups is 3. The van der Waals surface area contributed by atoms with Crippen LogP contribution in [0.2, 0.25) is 0 Å². The van der Waals surface area contributed by atoms with E-state index in [4.69, 9.17) is 18.3 Å². The first kappa shape index (κ1) is 17.5. The Balaban J connectivity index is 1.76. The van der Waals surface area contributed by atoms with Crippen LogP contribution in [0.1, 0.15) is 28.6 Å². The Kier molecular flexibility index (Phi) is 3.41. The average Bonchev–Trinajstić information content (AvgIpc) is 2.92. The van der Waals surface area contributed by atoms with Gasteiger partial charge in [-0.2, -0.15) is 0 Å². The molecular formula is C19H18O9. The van der Waals surface area contributed by atoms with Gasteiger partial charge in [0.05, 0.1) is 29.3 Å². The van der Waals surface area contributed by atoms with E-state index in [0.29, 0.717) is 11.5 Å². The average molecular weight is 390 g/mol. The van der Waals surface area contributed by atoms with Gasteiger partial charge in [0, 0.05) is 12.1 Å². The SMILES string of the molecule is Cc1cc2c(c(=O)o1)C[C@H]1[C@@H](O)[C@H](O)[C@H](O)[C@H]3c4c(cc(C)oc4=O)O[C@]31O2. The maximum Gasteiger partial charge on any atom is 0.343 e. The molecule has 0 aromatic carbocycles. The normalized spacial score (nSPS) is 35.1. The quantitative estimate of drug-likeness (QED) is 0.554. The van der Waals surface area contributed by atoms with Crippen LogP contribution in [0, 0.1) is 19.8 Å². The van der Waals surface area contributed by atoms with E-state index in [0.717, 1.165) is 0 Å². The Labute approximate surface area is 157 Å². The van der Waals surface area contributed by atoms with Gasteiger partial charge in [0.1, 0.15) is 35.0 Å². The molecule has 0 unspecified atom stereocenters. The van der Waals surface area contributed by atoms with Gasteiger partial charge in [0.2, 0.25) is 0 Å². The first-order valence-corrected chi connectivity index (χ1v) is 8.93. The molecule has 0 saturated heterocycles. The molecule has 0 amide bonds. The van der Waals surface area contributed by atoms with Gasteiger partial charge in [0.25, 0.3) is 5.79 Å². The molecular weight excluding hydrogens is 372 g/mol. The summed E-state index contributed by atoms with van der Waals surface area (Å²) in [6.45, 7) is 3.16. The van der Waals surface area contributed by atoms with Crippen molar-refractivity contribution in [3.63, 3.8) is 0 Å². The number of aliphatic hydroxyl groups excluding tert-OH is 3. The van der Waals surface area contributed by atoms with Crippen molar-refractivity contribution in [2.45, 2.75) is 50.3 Å². The lowest BCUT2D eigenvalue weighted by molar-refractivity contribution is -0.262. The highest BCUT2D eigenvalue weighted by molar-refractivity contribution is 5.47. The van der Waals surface area contributed by atoms with E-state index in [1.807, 2.05) is 0 Å². The second-order valence-electron chi connectivity index (χ2n) is 7.60. The summed E-state index contributed by atoms with van der Waals surface area (Å²) < 4.78 is 22.4. The summed E-state index contributed by atoms with van der Waals surface area (Å²) in [4.78, 5) is 24.8. The van der Waals surface area contributed by atoms with Crippen molar-refractivity contribution >= 4 is 0 Å². The number of aryl methyl sites for hydroxylation is 2. The lowest BCUT2D eigenvalue weighted by atomic mass is 9.66. The highest BCUT2D eigenvalue weighted by Gasteiger charge is 2.69. The Morgan fingerprint density at radius 2 is 1.50 bits per heavy atom. The summed E-state index contributed by atoms with van der Waals surface area (Å²) in [5.41, 5.74) is -1.08. The van der Waals surface area contributed by atoms with Crippen LogP contribution in [-0.2, 0) is 6.42 Å². The predicted molar refractivity (Wildman–Crippen MR) is 91.4 cm³/mol. The Bertz CT molecular complexity index is 1100. The van der Waals surface area contributed by atoms with Gasteiger partial charge in [-0.25, -0.2) is 9.59 Å². The number of hydrogen-bond donors (Lipinski definition) is 3. The molecule has 1 fully saturated rings. The van der Waals surface area contributed by atoms with Crippen LogP contribution in [0.4, 0.5) is 0 Å². The van der Waals surface area contributed by atoms with Crippen LogP contribution in [0.5, 0.6) is 11.5 Å². The van der Waals surface area contributed by atoms with Gasteiger partial charge in [-0.1, -0.05) is 0 Å². The maximum absolute atomic E-state index is 12.5. The van der Waals surface area contributed by atoms with Crippen LogP contribution in [0.15, 0.2) is 30.6 Å². The van der Waals surface area contributed by atoms with Crippen LogP contribution >= 0.6 is 0 Å². The zero-order chi connectivity index (χ0) is 20.0. The van der Waals surface area contributed by atoms with E-state index in [1.165, 1.54) is 12.1 Å². The van der Waals surface area contributed by atoms with Gasteiger partial charge in [-0.15, -0.1) is 0 Å². The third-order valence-corrected chi connectivity index (χ3v) is 5.88. The molecule has 2 aromatic rings. The minimum atomic E-state index is -1.67.